The van der Waals surface area contributed by atoms with E-state index in [1.165, 1.54) is 11.5 Å². The summed E-state index contributed by atoms with van der Waals surface area (Å²) in [6.07, 6.45) is 2.18. The number of rotatable bonds is 3. The van der Waals surface area contributed by atoms with Gasteiger partial charge in [-0.05, 0) is 12.8 Å². The minimum absolute atomic E-state index is 0.521. The Morgan fingerprint density at radius 2 is 1.85 bits per heavy atom. The van der Waals surface area contributed by atoms with Crippen molar-refractivity contribution in [1.82, 2.24) is 9.55 Å². The summed E-state index contributed by atoms with van der Waals surface area (Å²) in [7, 11) is 0. The van der Waals surface area contributed by atoms with Crippen LogP contribution in [0.4, 0.5) is 0 Å². The molecule has 0 saturated heterocycles. The van der Waals surface area contributed by atoms with Crippen LogP contribution in [-0.2, 0) is 6.54 Å². The molecule has 0 aliphatic heterocycles. The Hall–Kier alpha value is -0.790. The zero-order valence-electron chi connectivity index (χ0n) is 9.33. The summed E-state index contributed by atoms with van der Waals surface area (Å²) < 4.78 is 2.25. The van der Waals surface area contributed by atoms with Gasteiger partial charge < -0.3 is 4.57 Å². The molecule has 0 atom stereocenters. The number of aromatic nitrogens is 2. The highest BCUT2D eigenvalue weighted by Crippen LogP contribution is 2.19. The predicted molar refractivity (Wildman–Crippen MR) is 56.1 cm³/mol. The van der Waals surface area contributed by atoms with Crippen molar-refractivity contribution < 1.29 is 0 Å². The van der Waals surface area contributed by atoms with Crippen molar-refractivity contribution in [3.8, 4) is 0 Å². The van der Waals surface area contributed by atoms with E-state index >= 15 is 0 Å². The lowest BCUT2D eigenvalue weighted by molar-refractivity contribution is 0.652. The van der Waals surface area contributed by atoms with E-state index in [9.17, 15) is 0 Å². The maximum atomic E-state index is 4.64. The maximum absolute atomic E-state index is 4.64. The smallest absolute Gasteiger partial charge is 0.111 e. The summed E-state index contributed by atoms with van der Waals surface area (Å²) in [5.41, 5.74) is 1.21. The van der Waals surface area contributed by atoms with E-state index in [4.69, 9.17) is 0 Å². The quantitative estimate of drug-likeness (QED) is 0.698. The van der Waals surface area contributed by atoms with Crippen LogP contribution in [0.1, 0.15) is 58.0 Å². The molecule has 0 aliphatic carbocycles. The average molecular weight is 180 g/mol. The topological polar surface area (TPSA) is 17.8 Å². The summed E-state index contributed by atoms with van der Waals surface area (Å²) in [5, 5.41) is 0. The Bertz CT molecular complexity index is 272. The highest BCUT2D eigenvalue weighted by Gasteiger charge is 2.11. The third-order valence-corrected chi connectivity index (χ3v) is 2.27. The van der Waals surface area contributed by atoms with E-state index in [0.29, 0.717) is 11.8 Å². The summed E-state index contributed by atoms with van der Waals surface area (Å²) in [4.78, 5) is 4.64. The van der Waals surface area contributed by atoms with Crippen LogP contribution in [0.25, 0.3) is 0 Å². The first-order valence-electron chi connectivity index (χ1n) is 5.13. The molecule has 1 rings (SSSR count). The second-order valence-electron chi connectivity index (χ2n) is 4.12. The SMILES string of the molecule is CCn1cc(C(C)C)nc1C(C)C. The first-order valence-corrected chi connectivity index (χ1v) is 5.13. The molecule has 0 saturated carbocycles. The van der Waals surface area contributed by atoms with Gasteiger partial charge in [-0.25, -0.2) is 4.98 Å². The van der Waals surface area contributed by atoms with Crippen LogP contribution in [-0.4, -0.2) is 9.55 Å². The fourth-order valence-electron chi connectivity index (χ4n) is 1.44. The largest absolute Gasteiger partial charge is 0.335 e. The van der Waals surface area contributed by atoms with Gasteiger partial charge in [0.2, 0.25) is 0 Å². The minimum atomic E-state index is 0.521. The van der Waals surface area contributed by atoms with Crippen LogP contribution in [0, 0.1) is 0 Å². The zero-order valence-corrected chi connectivity index (χ0v) is 9.33. The van der Waals surface area contributed by atoms with Crippen LogP contribution in [0.3, 0.4) is 0 Å². The van der Waals surface area contributed by atoms with Crippen molar-refractivity contribution in [1.29, 1.82) is 0 Å². The molecule has 1 heterocycles. The zero-order chi connectivity index (χ0) is 10.0. The molecular formula is C11H20N2. The van der Waals surface area contributed by atoms with E-state index in [-0.39, 0.29) is 0 Å². The standard InChI is InChI=1S/C11H20N2/c1-6-13-7-10(8(2)3)12-11(13)9(4)5/h7-9H,6H2,1-5H3. The summed E-state index contributed by atoms with van der Waals surface area (Å²) in [6, 6.07) is 0. The van der Waals surface area contributed by atoms with Gasteiger partial charge in [-0.1, -0.05) is 27.7 Å². The van der Waals surface area contributed by atoms with Crippen molar-refractivity contribution in [3.63, 3.8) is 0 Å². The second kappa shape index (κ2) is 3.95. The average Bonchev–Trinajstić information content (AvgIpc) is 2.47. The van der Waals surface area contributed by atoms with Gasteiger partial charge >= 0.3 is 0 Å². The lowest BCUT2D eigenvalue weighted by Crippen LogP contribution is -2.01. The van der Waals surface area contributed by atoms with Crippen LogP contribution >= 0.6 is 0 Å². The van der Waals surface area contributed by atoms with Gasteiger partial charge in [-0.2, -0.15) is 0 Å². The van der Waals surface area contributed by atoms with Crippen molar-refractivity contribution >= 4 is 0 Å². The molecule has 2 nitrogen and oxygen atoms in total. The normalized spacial score (nSPS) is 11.6. The van der Waals surface area contributed by atoms with E-state index in [0.717, 1.165) is 6.54 Å². The third-order valence-electron chi connectivity index (χ3n) is 2.27. The van der Waals surface area contributed by atoms with Crippen molar-refractivity contribution in [2.75, 3.05) is 0 Å². The van der Waals surface area contributed by atoms with Crippen LogP contribution in [0.5, 0.6) is 0 Å². The van der Waals surface area contributed by atoms with Gasteiger partial charge in [0.15, 0.2) is 0 Å². The molecule has 0 amide bonds. The lowest BCUT2D eigenvalue weighted by atomic mass is 10.1. The summed E-state index contributed by atoms with van der Waals surface area (Å²) in [6.45, 7) is 11.9. The molecule has 0 bridgehead atoms. The Labute approximate surface area is 81.0 Å². The lowest BCUT2D eigenvalue weighted by Gasteiger charge is -2.06. The molecule has 0 fully saturated rings. The summed E-state index contributed by atoms with van der Waals surface area (Å²) >= 11 is 0. The number of hydrogen-bond acceptors (Lipinski definition) is 1. The molecule has 0 unspecified atom stereocenters. The molecule has 0 N–H and O–H groups in total. The van der Waals surface area contributed by atoms with Crippen molar-refractivity contribution in [2.45, 2.75) is 53.0 Å². The molecule has 1 aromatic rings. The molecule has 0 aromatic carbocycles. The van der Waals surface area contributed by atoms with Crippen molar-refractivity contribution in [3.05, 3.63) is 17.7 Å². The Morgan fingerprint density at radius 1 is 1.23 bits per heavy atom. The van der Waals surface area contributed by atoms with Crippen molar-refractivity contribution in [2.24, 2.45) is 0 Å². The number of aryl methyl sites for hydroxylation is 1. The van der Waals surface area contributed by atoms with Crippen LogP contribution < -0.4 is 0 Å². The van der Waals surface area contributed by atoms with E-state index < -0.39 is 0 Å². The fraction of sp³-hybridized carbons (Fsp3) is 0.727. The monoisotopic (exact) mass is 180 g/mol. The van der Waals surface area contributed by atoms with Crippen LogP contribution in [0.15, 0.2) is 6.20 Å². The second-order valence-corrected chi connectivity index (χ2v) is 4.12. The van der Waals surface area contributed by atoms with E-state index in [2.05, 4.69) is 50.4 Å². The molecule has 0 spiro atoms. The van der Waals surface area contributed by atoms with Gasteiger partial charge in [-0.3, -0.25) is 0 Å². The highest BCUT2D eigenvalue weighted by molar-refractivity contribution is 5.10. The van der Waals surface area contributed by atoms with Crippen LogP contribution in [0.2, 0.25) is 0 Å². The Kier molecular flexibility index (Phi) is 3.12. The van der Waals surface area contributed by atoms with E-state index in [1.807, 2.05) is 0 Å². The molecule has 74 valence electrons. The third kappa shape index (κ3) is 2.11. The molecule has 1 aromatic heterocycles. The molecular weight excluding hydrogens is 160 g/mol. The molecule has 0 aliphatic rings. The van der Waals surface area contributed by atoms with E-state index in [1.54, 1.807) is 0 Å². The highest BCUT2D eigenvalue weighted by atomic mass is 15.1. The first kappa shape index (κ1) is 10.3. The maximum Gasteiger partial charge on any atom is 0.111 e. The van der Waals surface area contributed by atoms with Gasteiger partial charge in [0, 0.05) is 18.7 Å². The number of hydrogen-bond donors (Lipinski definition) is 0. The molecule has 2 heteroatoms. The first-order chi connectivity index (χ1) is 6.06. The minimum Gasteiger partial charge on any atom is -0.335 e. The number of nitrogens with zero attached hydrogens (tertiary/aromatic N) is 2. The Balaban J connectivity index is 3.04. The van der Waals surface area contributed by atoms with Gasteiger partial charge in [0.05, 0.1) is 5.69 Å². The Morgan fingerprint density at radius 3 is 2.15 bits per heavy atom. The molecule has 0 radical (unpaired) electrons. The summed E-state index contributed by atoms with van der Waals surface area (Å²) in [5.74, 6) is 2.27. The van der Waals surface area contributed by atoms with Gasteiger partial charge in [0.25, 0.3) is 0 Å². The fourth-order valence-corrected chi connectivity index (χ4v) is 1.44. The molecule has 13 heavy (non-hydrogen) atoms. The predicted octanol–water partition coefficient (Wildman–Crippen LogP) is 3.15. The number of imidazole rings is 1. The van der Waals surface area contributed by atoms with Gasteiger partial charge in [0.1, 0.15) is 5.82 Å². The van der Waals surface area contributed by atoms with Gasteiger partial charge in [-0.15, -0.1) is 0 Å².